The summed E-state index contributed by atoms with van der Waals surface area (Å²) in [6.45, 7) is 9.80. The molecule has 24 heavy (non-hydrogen) atoms. The number of aryl methyl sites for hydroxylation is 2. The summed E-state index contributed by atoms with van der Waals surface area (Å²) >= 11 is 0. The quantitative estimate of drug-likeness (QED) is 0.877. The fourth-order valence-electron chi connectivity index (χ4n) is 3.35. The Kier molecular flexibility index (Phi) is 3.86. The fraction of sp³-hybridized carbons (Fsp3) is 0.400. The first-order valence-electron chi connectivity index (χ1n) is 8.22. The lowest BCUT2D eigenvalue weighted by Gasteiger charge is -2.27. The van der Waals surface area contributed by atoms with Crippen LogP contribution in [0.3, 0.4) is 0 Å². The Morgan fingerprint density at radius 2 is 1.88 bits per heavy atom. The summed E-state index contributed by atoms with van der Waals surface area (Å²) in [5.41, 5.74) is 3.94. The third-order valence-electron chi connectivity index (χ3n) is 4.62. The number of benzene rings is 1. The highest BCUT2D eigenvalue weighted by Crippen LogP contribution is 2.38. The number of rotatable bonds is 2. The maximum Gasteiger partial charge on any atom is 0.291 e. The van der Waals surface area contributed by atoms with E-state index in [2.05, 4.69) is 5.32 Å². The van der Waals surface area contributed by atoms with Gasteiger partial charge in [-0.25, -0.2) is 0 Å². The van der Waals surface area contributed by atoms with Crippen LogP contribution in [0.5, 0.6) is 0 Å². The van der Waals surface area contributed by atoms with Gasteiger partial charge in [-0.2, -0.15) is 0 Å². The van der Waals surface area contributed by atoms with Crippen molar-refractivity contribution < 1.29 is 14.0 Å². The monoisotopic (exact) mass is 325 g/mol. The zero-order valence-electron chi connectivity index (χ0n) is 14.9. The SMILES string of the molecule is Cc1ccc(C)c(NC(=O)c2oc3c(c2C)C(=O)CC(C)(C)C3)c1. The second-order valence-electron chi connectivity index (χ2n) is 7.57. The molecule has 0 bridgehead atoms. The third-order valence-corrected chi connectivity index (χ3v) is 4.62. The average molecular weight is 325 g/mol. The summed E-state index contributed by atoms with van der Waals surface area (Å²) < 4.78 is 5.81. The van der Waals surface area contributed by atoms with Crippen LogP contribution in [0.1, 0.15) is 63.6 Å². The van der Waals surface area contributed by atoms with E-state index in [-0.39, 0.29) is 22.9 Å². The Morgan fingerprint density at radius 3 is 2.58 bits per heavy atom. The molecule has 1 aliphatic rings. The van der Waals surface area contributed by atoms with Gasteiger partial charge in [0.25, 0.3) is 5.91 Å². The maximum atomic E-state index is 12.7. The van der Waals surface area contributed by atoms with E-state index < -0.39 is 0 Å². The van der Waals surface area contributed by atoms with Crippen molar-refractivity contribution in [3.8, 4) is 0 Å². The molecule has 4 nitrogen and oxygen atoms in total. The number of hydrogen-bond acceptors (Lipinski definition) is 3. The molecule has 2 aromatic rings. The molecule has 1 amide bonds. The second kappa shape index (κ2) is 5.62. The molecule has 126 valence electrons. The molecule has 1 N–H and O–H groups in total. The number of carbonyl (C=O) groups excluding carboxylic acids is 2. The van der Waals surface area contributed by atoms with Crippen LogP contribution in [0.25, 0.3) is 0 Å². The first-order valence-corrected chi connectivity index (χ1v) is 8.22. The molecule has 1 aromatic heterocycles. The Bertz CT molecular complexity index is 843. The van der Waals surface area contributed by atoms with E-state index in [1.54, 1.807) is 6.92 Å². The highest BCUT2D eigenvalue weighted by Gasteiger charge is 2.37. The van der Waals surface area contributed by atoms with Gasteiger partial charge in [0.05, 0.1) is 5.56 Å². The molecule has 0 radical (unpaired) electrons. The van der Waals surface area contributed by atoms with Crippen LogP contribution >= 0.6 is 0 Å². The van der Waals surface area contributed by atoms with Crippen molar-refractivity contribution in [2.45, 2.75) is 47.5 Å². The van der Waals surface area contributed by atoms with Crippen molar-refractivity contribution in [3.63, 3.8) is 0 Å². The minimum Gasteiger partial charge on any atom is -0.455 e. The van der Waals surface area contributed by atoms with Crippen LogP contribution < -0.4 is 5.32 Å². The number of Topliss-reactive ketones (excluding diaryl/α,β-unsaturated/α-hetero) is 1. The number of anilines is 1. The lowest BCUT2D eigenvalue weighted by Crippen LogP contribution is -2.26. The lowest BCUT2D eigenvalue weighted by molar-refractivity contribution is 0.0898. The van der Waals surface area contributed by atoms with E-state index >= 15 is 0 Å². The van der Waals surface area contributed by atoms with Crippen molar-refractivity contribution in [1.29, 1.82) is 0 Å². The Morgan fingerprint density at radius 1 is 1.17 bits per heavy atom. The third kappa shape index (κ3) is 2.88. The molecule has 0 saturated carbocycles. The number of carbonyl (C=O) groups is 2. The number of nitrogens with one attached hydrogen (secondary N) is 1. The predicted octanol–water partition coefficient (Wildman–Crippen LogP) is 4.61. The van der Waals surface area contributed by atoms with Gasteiger partial charge in [0.1, 0.15) is 5.76 Å². The van der Waals surface area contributed by atoms with Crippen LogP contribution in [0.15, 0.2) is 22.6 Å². The van der Waals surface area contributed by atoms with Gasteiger partial charge in [0.2, 0.25) is 0 Å². The second-order valence-corrected chi connectivity index (χ2v) is 7.57. The van der Waals surface area contributed by atoms with Crippen LogP contribution in [0.4, 0.5) is 5.69 Å². The number of fused-ring (bicyclic) bond motifs is 1. The van der Waals surface area contributed by atoms with Gasteiger partial charge in [0.15, 0.2) is 11.5 Å². The van der Waals surface area contributed by atoms with Crippen molar-refractivity contribution in [2.75, 3.05) is 5.32 Å². The summed E-state index contributed by atoms with van der Waals surface area (Å²) in [6, 6.07) is 5.90. The zero-order chi connectivity index (χ0) is 17.6. The largest absolute Gasteiger partial charge is 0.455 e. The summed E-state index contributed by atoms with van der Waals surface area (Å²) in [6.07, 6.45) is 1.16. The maximum absolute atomic E-state index is 12.7. The van der Waals surface area contributed by atoms with Crippen molar-refractivity contribution in [2.24, 2.45) is 5.41 Å². The summed E-state index contributed by atoms with van der Waals surface area (Å²) in [4.78, 5) is 25.1. The Balaban J connectivity index is 1.95. The minimum atomic E-state index is -0.304. The summed E-state index contributed by atoms with van der Waals surface area (Å²) in [5, 5.41) is 2.91. The molecule has 3 rings (SSSR count). The highest BCUT2D eigenvalue weighted by atomic mass is 16.4. The normalized spacial score (nSPS) is 16.0. The number of amides is 1. The molecular formula is C20H23NO3. The van der Waals surface area contributed by atoms with Gasteiger partial charge in [-0.1, -0.05) is 26.0 Å². The molecule has 0 fully saturated rings. The van der Waals surface area contributed by atoms with Crippen molar-refractivity contribution in [1.82, 2.24) is 0 Å². The number of ketones is 1. The van der Waals surface area contributed by atoms with Gasteiger partial charge in [-0.3, -0.25) is 9.59 Å². The summed E-state index contributed by atoms with van der Waals surface area (Å²) in [5.74, 6) is 0.640. The molecule has 1 aromatic carbocycles. The summed E-state index contributed by atoms with van der Waals surface area (Å²) in [7, 11) is 0. The minimum absolute atomic E-state index is 0.0632. The Labute approximate surface area is 142 Å². The lowest BCUT2D eigenvalue weighted by atomic mass is 9.76. The molecule has 4 heteroatoms. The number of furan rings is 1. The van der Waals surface area contributed by atoms with E-state index in [0.29, 0.717) is 29.7 Å². The molecule has 1 heterocycles. The standard InChI is InChI=1S/C20H23NO3/c1-11-6-7-12(2)14(8-11)21-19(23)18-13(3)17-15(22)9-20(4,5)10-16(17)24-18/h6-8H,9-10H2,1-5H3,(H,21,23). The van der Waals surface area contributed by atoms with Gasteiger partial charge < -0.3 is 9.73 Å². The number of hydrogen-bond donors (Lipinski definition) is 1. The smallest absolute Gasteiger partial charge is 0.291 e. The zero-order valence-corrected chi connectivity index (χ0v) is 14.9. The molecule has 0 spiro atoms. The van der Waals surface area contributed by atoms with E-state index in [9.17, 15) is 9.59 Å². The van der Waals surface area contributed by atoms with Gasteiger partial charge in [0, 0.05) is 24.1 Å². The van der Waals surface area contributed by atoms with Crippen LogP contribution in [-0.2, 0) is 6.42 Å². The van der Waals surface area contributed by atoms with Crippen LogP contribution in [0, 0.1) is 26.2 Å². The van der Waals surface area contributed by atoms with Crippen molar-refractivity contribution in [3.05, 3.63) is 52.0 Å². The molecule has 0 aliphatic heterocycles. The average Bonchev–Trinajstić information content (AvgIpc) is 2.78. The highest BCUT2D eigenvalue weighted by molar-refractivity contribution is 6.08. The van der Waals surface area contributed by atoms with E-state index in [1.807, 2.05) is 45.9 Å². The predicted molar refractivity (Wildman–Crippen MR) is 93.7 cm³/mol. The fourth-order valence-corrected chi connectivity index (χ4v) is 3.35. The topological polar surface area (TPSA) is 59.3 Å². The molecule has 1 aliphatic carbocycles. The van der Waals surface area contributed by atoms with Crippen LogP contribution in [0.2, 0.25) is 0 Å². The van der Waals surface area contributed by atoms with Crippen molar-refractivity contribution >= 4 is 17.4 Å². The molecule has 0 unspecified atom stereocenters. The van der Waals surface area contributed by atoms with Gasteiger partial charge in [-0.05, 0) is 43.4 Å². The first-order chi connectivity index (χ1) is 11.2. The van der Waals surface area contributed by atoms with E-state index in [4.69, 9.17) is 4.42 Å². The molecule has 0 atom stereocenters. The first kappa shape index (κ1) is 16.5. The van der Waals surface area contributed by atoms with E-state index in [1.165, 1.54) is 0 Å². The van der Waals surface area contributed by atoms with Crippen LogP contribution in [-0.4, -0.2) is 11.7 Å². The Hall–Kier alpha value is -2.36. The molecule has 0 saturated heterocycles. The molecular weight excluding hydrogens is 302 g/mol. The van der Waals surface area contributed by atoms with Gasteiger partial charge >= 0.3 is 0 Å². The van der Waals surface area contributed by atoms with E-state index in [0.717, 1.165) is 16.8 Å². The van der Waals surface area contributed by atoms with Gasteiger partial charge in [-0.15, -0.1) is 0 Å².